The number of hydrogen-bond acceptors (Lipinski definition) is 3. The van der Waals surface area contributed by atoms with Gasteiger partial charge in [-0.15, -0.1) is 0 Å². The Labute approximate surface area is 159 Å². The smallest absolute Gasteiger partial charge is 0.191 e. The van der Waals surface area contributed by atoms with E-state index in [1.807, 2.05) is 6.92 Å². The summed E-state index contributed by atoms with van der Waals surface area (Å²) in [5.74, 6) is 0.940. The number of hydrogen-bond donors (Lipinski definition) is 2. The van der Waals surface area contributed by atoms with Crippen molar-refractivity contribution >= 4 is 5.96 Å². The van der Waals surface area contributed by atoms with Crippen molar-refractivity contribution in [1.29, 1.82) is 0 Å². The van der Waals surface area contributed by atoms with Gasteiger partial charge in [0, 0.05) is 38.9 Å². The number of aliphatic imine (C=N–C) groups is 1. The van der Waals surface area contributed by atoms with E-state index in [-0.39, 0.29) is 0 Å². The quantitative estimate of drug-likeness (QED) is 0.362. The van der Waals surface area contributed by atoms with Crippen LogP contribution in [0.2, 0.25) is 0 Å². The Balaban J connectivity index is 1.77. The van der Waals surface area contributed by atoms with Gasteiger partial charge in [-0.05, 0) is 51.6 Å². The third-order valence-corrected chi connectivity index (χ3v) is 4.74. The fraction of sp³-hybridized carbons (Fsp3) is 0.667. The molecule has 0 radical (unpaired) electrons. The van der Waals surface area contributed by atoms with Crippen LogP contribution in [0.25, 0.3) is 0 Å². The maximum Gasteiger partial charge on any atom is 0.191 e. The molecule has 2 N–H and O–H groups in total. The van der Waals surface area contributed by atoms with Crippen LogP contribution in [0.1, 0.15) is 45.1 Å². The molecule has 1 aliphatic heterocycles. The number of nitrogens with one attached hydrogen (secondary N) is 2. The number of benzene rings is 1. The Bertz CT molecular complexity index is 506. The maximum atomic E-state index is 5.38. The molecular weight excluding hydrogens is 324 g/mol. The number of likely N-dealkylation sites (tertiary alicyclic amines) is 1. The standard InChI is InChI=1S/C21H36N4O/c1-3-22-21(23-14-8-9-16-26-4-2)24-17-20-13-10-15-25(20)18-19-11-6-5-7-12-19/h5-7,11-12,20H,3-4,8-10,13-18H2,1-2H3,(H2,22,23,24). The molecule has 0 bridgehead atoms. The first-order valence-electron chi connectivity index (χ1n) is 10.2. The van der Waals surface area contributed by atoms with Crippen LogP contribution in [0.15, 0.2) is 35.3 Å². The van der Waals surface area contributed by atoms with Crippen molar-refractivity contribution in [3.05, 3.63) is 35.9 Å². The van der Waals surface area contributed by atoms with E-state index in [4.69, 9.17) is 9.73 Å². The Hall–Kier alpha value is -1.59. The highest BCUT2D eigenvalue weighted by molar-refractivity contribution is 5.79. The van der Waals surface area contributed by atoms with Gasteiger partial charge in [-0.2, -0.15) is 0 Å². The van der Waals surface area contributed by atoms with Crippen molar-refractivity contribution in [2.75, 3.05) is 39.4 Å². The predicted octanol–water partition coefficient (Wildman–Crippen LogP) is 3.02. The second kappa shape index (κ2) is 12.7. The SMILES string of the molecule is CCNC(=NCC1CCCN1Cc1ccccc1)NCCCCOCC. The summed E-state index contributed by atoms with van der Waals surface area (Å²) in [7, 11) is 0. The first-order chi connectivity index (χ1) is 12.8. The van der Waals surface area contributed by atoms with Crippen LogP contribution in [0.3, 0.4) is 0 Å². The monoisotopic (exact) mass is 360 g/mol. The summed E-state index contributed by atoms with van der Waals surface area (Å²) in [4.78, 5) is 7.42. The van der Waals surface area contributed by atoms with Gasteiger partial charge in [0.2, 0.25) is 0 Å². The minimum atomic E-state index is 0.545. The lowest BCUT2D eigenvalue weighted by Crippen LogP contribution is -2.39. The van der Waals surface area contributed by atoms with Crippen molar-refractivity contribution < 1.29 is 4.74 Å². The van der Waals surface area contributed by atoms with Gasteiger partial charge >= 0.3 is 0 Å². The Morgan fingerprint density at radius 1 is 1.19 bits per heavy atom. The van der Waals surface area contributed by atoms with Gasteiger partial charge < -0.3 is 15.4 Å². The molecule has 2 rings (SSSR count). The van der Waals surface area contributed by atoms with Gasteiger partial charge in [0.25, 0.3) is 0 Å². The molecule has 1 heterocycles. The van der Waals surface area contributed by atoms with E-state index in [1.165, 1.54) is 24.9 Å². The van der Waals surface area contributed by atoms with Gasteiger partial charge in [0.05, 0.1) is 6.54 Å². The van der Waals surface area contributed by atoms with Gasteiger partial charge in [0.15, 0.2) is 5.96 Å². The topological polar surface area (TPSA) is 48.9 Å². The Morgan fingerprint density at radius 2 is 2.04 bits per heavy atom. The highest BCUT2D eigenvalue weighted by Gasteiger charge is 2.24. The van der Waals surface area contributed by atoms with Crippen molar-refractivity contribution in [1.82, 2.24) is 15.5 Å². The molecule has 1 aromatic carbocycles. The average Bonchev–Trinajstić information content (AvgIpc) is 3.10. The first kappa shape index (κ1) is 20.7. The molecule has 0 aromatic heterocycles. The first-order valence-corrected chi connectivity index (χ1v) is 10.2. The average molecular weight is 361 g/mol. The molecule has 0 spiro atoms. The van der Waals surface area contributed by atoms with E-state index in [0.717, 1.165) is 58.2 Å². The number of nitrogens with zero attached hydrogens (tertiary/aromatic N) is 2. The summed E-state index contributed by atoms with van der Waals surface area (Å²) in [6, 6.07) is 11.3. The molecule has 0 saturated carbocycles. The minimum Gasteiger partial charge on any atom is -0.382 e. The number of ether oxygens (including phenoxy) is 1. The summed E-state index contributed by atoms with van der Waals surface area (Å²) >= 11 is 0. The second-order valence-electron chi connectivity index (χ2n) is 6.80. The second-order valence-corrected chi connectivity index (χ2v) is 6.80. The largest absolute Gasteiger partial charge is 0.382 e. The van der Waals surface area contributed by atoms with Crippen molar-refractivity contribution in [3.63, 3.8) is 0 Å². The fourth-order valence-electron chi connectivity index (χ4n) is 3.35. The molecule has 5 nitrogen and oxygen atoms in total. The van der Waals surface area contributed by atoms with Crippen LogP contribution < -0.4 is 10.6 Å². The number of unbranched alkanes of at least 4 members (excludes halogenated alkanes) is 1. The van der Waals surface area contributed by atoms with Crippen molar-refractivity contribution in [3.8, 4) is 0 Å². The number of rotatable bonds is 11. The molecule has 0 aliphatic carbocycles. The van der Waals surface area contributed by atoms with E-state index < -0.39 is 0 Å². The molecule has 146 valence electrons. The fourth-order valence-corrected chi connectivity index (χ4v) is 3.35. The van der Waals surface area contributed by atoms with E-state index in [1.54, 1.807) is 0 Å². The minimum absolute atomic E-state index is 0.545. The lowest BCUT2D eigenvalue weighted by Gasteiger charge is -2.23. The predicted molar refractivity (Wildman–Crippen MR) is 110 cm³/mol. The normalized spacial score (nSPS) is 18.2. The molecule has 5 heteroatoms. The zero-order valence-corrected chi connectivity index (χ0v) is 16.5. The van der Waals surface area contributed by atoms with Crippen LogP contribution in [-0.2, 0) is 11.3 Å². The van der Waals surface area contributed by atoms with Gasteiger partial charge in [-0.25, -0.2) is 0 Å². The van der Waals surface area contributed by atoms with Crippen molar-refractivity contribution in [2.24, 2.45) is 4.99 Å². The zero-order chi connectivity index (χ0) is 18.5. The third-order valence-electron chi connectivity index (χ3n) is 4.74. The molecule has 0 amide bonds. The van der Waals surface area contributed by atoms with E-state index in [0.29, 0.717) is 6.04 Å². The van der Waals surface area contributed by atoms with Crippen LogP contribution in [0.5, 0.6) is 0 Å². The molecule has 1 unspecified atom stereocenters. The van der Waals surface area contributed by atoms with Crippen molar-refractivity contribution in [2.45, 2.75) is 52.1 Å². The van der Waals surface area contributed by atoms with E-state index >= 15 is 0 Å². The molecule has 1 saturated heterocycles. The lowest BCUT2D eigenvalue weighted by molar-refractivity contribution is 0.143. The Morgan fingerprint density at radius 3 is 2.81 bits per heavy atom. The molecule has 1 fully saturated rings. The van der Waals surface area contributed by atoms with E-state index in [2.05, 4.69) is 52.8 Å². The van der Waals surface area contributed by atoms with E-state index in [9.17, 15) is 0 Å². The van der Waals surface area contributed by atoms with Crippen LogP contribution >= 0.6 is 0 Å². The Kier molecular flexibility index (Phi) is 10.1. The third kappa shape index (κ3) is 7.75. The molecule has 1 aliphatic rings. The van der Waals surface area contributed by atoms with Crippen LogP contribution in [0.4, 0.5) is 0 Å². The summed E-state index contributed by atoms with van der Waals surface area (Å²) in [6.45, 7) is 10.7. The zero-order valence-electron chi connectivity index (χ0n) is 16.5. The van der Waals surface area contributed by atoms with Gasteiger partial charge in [-0.3, -0.25) is 9.89 Å². The molecular formula is C21H36N4O. The van der Waals surface area contributed by atoms with Crippen LogP contribution in [0, 0.1) is 0 Å². The summed E-state index contributed by atoms with van der Waals surface area (Å²) < 4.78 is 5.38. The molecule has 1 atom stereocenters. The summed E-state index contributed by atoms with van der Waals surface area (Å²) in [5.41, 5.74) is 1.39. The highest BCUT2D eigenvalue weighted by Crippen LogP contribution is 2.20. The summed E-state index contributed by atoms with van der Waals surface area (Å²) in [5, 5.41) is 6.81. The van der Waals surface area contributed by atoms with Crippen LogP contribution in [-0.4, -0.2) is 56.3 Å². The van der Waals surface area contributed by atoms with Gasteiger partial charge in [-0.1, -0.05) is 30.3 Å². The number of guanidine groups is 1. The van der Waals surface area contributed by atoms with Gasteiger partial charge in [0.1, 0.15) is 0 Å². The molecule has 26 heavy (non-hydrogen) atoms. The lowest BCUT2D eigenvalue weighted by atomic mass is 10.2. The molecule has 1 aromatic rings. The maximum absolute atomic E-state index is 5.38. The highest BCUT2D eigenvalue weighted by atomic mass is 16.5. The summed E-state index contributed by atoms with van der Waals surface area (Å²) in [6.07, 6.45) is 4.71.